The zero-order chi connectivity index (χ0) is 13.7. The predicted octanol–water partition coefficient (Wildman–Crippen LogP) is 0.974. The molecule has 0 aliphatic carbocycles. The molecule has 0 unspecified atom stereocenters. The first-order valence-corrected chi connectivity index (χ1v) is 6.74. The van der Waals surface area contributed by atoms with Crippen LogP contribution in [-0.4, -0.2) is 48.6 Å². The summed E-state index contributed by atoms with van der Waals surface area (Å²) in [5, 5.41) is 6.25. The first-order chi connectivity index (χ1) is 9.09. The minimum absolute atomic E-state index is 0.0190. The van der Waals surface area contributed by atoms with Gasteiger partial charge in [0, 0.05) is 50.0 Å². The highest BCUT2D eigenvalue weighted by Gasteiger charge is 2.24. The number of amides is 2. The fraction of sp³-hybridized carbons (Fsp3) is 0.571. The van der Waals surface area contributed by atoms with E-state index in [0.29, 0.717) is 6.54 Å². The van der Waals surface area contributed by atoms with Crippen molar-refractivity contribution in [3.05, 3.63) is 30.1 Å². The van der Waals surface area contributed by atoms with E-state index >= 15 is 0 Å². The molecule has 2 amide bonds. The van der Waals surface area contributed by atoms with Crippen LogP contribution < -0.4 is 10.6 Å². The lowest BCUT2D eigenvalue weighted by molar-refractivity contribution is 0.188. The van der Waals surface area contributed by atoms with Crippen LogP contribution in [0.5, 0.6) is 0 Å². The van der Waals surface area contributed by atoms with Gasteiger partial charge in [-0.25, -0.2) is 4.79 Å². The van der Waals surface area contributed by atoms with Gasteiger partial charge in [-0.3, -0.25) is 4.98 Å². The summed E-state index contributed by atoms with van der Waals surface area (Å²) in [7, 11) is 0. The van der Waals surface area contributed by atoms with Crippen LogP contribution >= 0.6 is 0 Å². The summed E-state index contributed by atoms with van der Waals surface area (Å²) >= 11 is 0. The second kappa shape index (κ2) is 6.02. The number of hydrogen-bond acceptors (Lipinski definition) is 3. The second-order valence-corrected chi connectivity index (χ2v) is 5.49. The molecule has 19 heavy (non-hydrogen) atoms. The van der Waals surface area contributed by atoms with Crippen LogP contribution in [0.25, 0.3) is 0 Å². The molecule has 5 nitrogen and oxygen atoms in total. The number of nitrogens with zero attached hydrogens (tertiary/aromatic N) is 2. The van der Waals surface area contributed by atoms with Crippen LogP contribution in [0.1, 0.15) is 19.5 Å². The van der Waals surface area contributed by atoms with Gasteiger partial charge < -0.3 is 15.5 Å². The Morgan fingerprint density at radius 3 is 2.79 bits per heavy atom. The third-order valence-electron chi connectivity index (χ3n) is 3.44. The molecule has 1 aromatic heterocycles. The maximum atomic E-state index is 12.0. The van der Waals surface area contributed by atoms with E-state index in [2.05, 4.69) is 29.5 Å². The van der Waals surface area contributed by atoms with E-state index < -0.39 is 0 Å². The van der Waals surface area contributed by atoms with Crippen molar-refractivity contribution >= 4 is 6.03 Å². The molecule has 0 radical (unpaired) electrons. The molecular weight excluding hydrogens is 240 g/mol. The van der Waals surface area contributed by atoms with Gasteiger partial charge in [-0.1, -0.05) is 19.9 Å². The lowest BCUT2D eigenvalue weighted by Crippen LogP contribution is -2.51. The number of pyridine rings is 1. The van der Waals surface area contributed by atoms with Gasteiger partial charge in [-0.15, -0.1) is 0 Å². The van der Waals surface area contributed by atoms with Crippen molar-refractivity contribution in [1.82, 2.24) is 20.5 Å². The van der Waals surface area contributed by atoms with Crippen molar-refractivity contribution < 1.29 is 4.79 Å². The Bertz CT molecular complexity index is 413. The molecule has 5 heteroatoms. The first kappa shape index (κ1) is 13.8. The minimum Gasteiger partial charge on any atom is -0.337 e. The van der Waals surface area contributed by atoms with Crippen LogP contribution in [-0.2, 0) is 5.41 Å². The lowest BCUT2D eigenvalue weighted by atomic mass is 9.89. The van der Waals surface area contributed by atoms with E-state index in [1.165, 1.54) is 0 Å². The Labute approximate surface area is 114 Å². The Kier molecular flexibility index (Phi) is 4.37. The van der Waals surface area contributed by atoms with Crippen molar-refractivity contribution in [2.45, 2.75) is 19.3 Å². The third-order valence-corrected chi connectivity index (χ3v) is 3.44. The summed E-state index contributed by atoms with van der Waals surface area (Å²) in [6.07, 6.45) is 1.79. The van der Waals surface area contributed by atoms with E-state index in [4.69, 9.17) is 0 Å². The normalized spacial score (nSPS) is 16.2. The zero-order valence-electron chi connectivity index (χ0n) is 11.6. The number of hydrogen-bond donors (Lipinski definition) is 2. The Hall–Kier alpha value is -1.62. The van der Waals surface area contributed by atoms with Crippen molar-refractivity contribution in [3.8, 4) is 0 Å². The molecule has 1 aliphatic heterocycles. The van der Waals surface area contributed by atoms with Crippen LogP contribution in [0.3, 0.4) is 0 Å². The maximum absolute atomic E-state index is 12.0. The summed E-state index contributed by atoms with van der Waals surface area (Å²) in [5.41, 5.74) is 0.834. The molecule has 1 fully saturated rings. The van der Waals surface area contributed by atoms with Gasteiger partial charge in [0.25, 0.3) is 0 Å². The summed E-state index contributed by atoms with van der Waals surface area (Å²) < 4.78 is 0. The molecule has 0 bridgehead atoms. The number of rotatable bonds is 3. The smallest absolute Gasteiger partial charge is 0.317 e. The van der Waals surface area contributed by atoms with Crippen molar-refractivity contribution in [1.29, 1.82) is 0 Å². The highest BCUT2D eigenvalue weighted by Crippen LogP contribution is 2.19. The molecule has 0 aromatic carbocycles. The maximum Gasteiger partial charge on any atom is 0.317 e. The lowest BCUT2D eigenvalue weighted by Gasteiger charge is -2.30. The number of piperazine rings is 1. The average Bonchev–Trinajstić information content (AvgIpc) is 2.47. The molecule has 1 aliphatic rings. The molecule has 2 N–H and O–H groups in total. The molecular formula is C14H22N4O. The average molecular weight is 262 g/mol. The van der Waals surface area contributed by atoms with Crippen molar-refractivity contribution in [2.24, 2.45) is 0 Å². The van der Waals surface area contributed by atoms with Crippen LogP contribution in [0.4, 0.5) is 4.79 Å². The summed E-state index contributed by atoms with van der Waals surface area (Å²) in [6.45, 7) is 8.06. The number of nitrogens with one attached hydrogen (secondary N) is 2. The molecule has 1 saturated heterocycles. The van der Waals surface area contributed by atoms with Gasteiger partial charge in [0.1, 0.15) is 0 Å². The largest absolute Gasteiger partial charge is 0.337 e. The van der Waals surface area contributed by atoms with Crippen LogP contribution in [0.2, 0.25) is 0 Å². The first-order valence-electron chi connectivity index (χ1n) is 6.74. The van der Waals surface area contributed by atoms with E-state index in [-0.39, 0.29) is 11.4 Å². The SMILES string of the molecule is CC(C)(CNC(=O)N1CCNCC1)c1ccccn1. The standard InChI is InChI=1S/C14H22N4O/c1-14(2,12-5-3-4-6-16-12)11-17-13(19)18-9-7-15-8-10-18/h3-6,15H,7-11H2,1-2H3,(H,17,19). The van der Waals surface area contributed by atoms with E-state index in [0.717, 1.165) is 31.9 Å². The van der Waals surface area contributed by atoms with Gasteiger partial charge in [-0.2, -0.15) is 0 Å². The summed E-state index contributed by atoms with van der Waals surface area (Å²) in [4.78, 5) is 18.3. The van der Waals surface area contributed by atoms with E-state index in [1.807, 2.05) is 23.1 Å². The van der Waals surface area contributed by atoms with Crippen molar-refractivity contribution in [2.75, 3.05) is 32.7 Å². The topological polar surface area (TPSA) is 57.3 Å². The molecule has 2 rings (SSSR count). The van der Waals surface area contributed by atoms with Crippen LogP contribution in [0, 0.1) is 0 Å². The molecule has 0 saturated carbocycles. The molecule has 104 valence electrons. The summed E-state index contributed by atoms with van der Waals surface area (Å²) in [5.74, 6) is 0. The minimum atomic E-state index is -0.162. The van der Waals surface area contributed by atoms with Crippen molar-refractivity contribution in [3.63, 3.8) is 0 Å². The monoisotopic (exact) mass is 262 g/mol. The molecule has 0 atom stereocenters. The number of aromatic nitrogens is 1. The third kappa shape index (κ3) is 3.67. The van der Waals surface area contributed by atoms with E-state index in [9.17, 15) is 4.79 Å². The Morgan fingerprint density at radius 1 is 1.42 bits per heavy atom. The molecule has 0 spiro atoms. The number of urea groups is 1. The Balaban J connectivity index is 1.88. The van der Waals surface area contributed by atoms with Gasteiger partial charge in [-0.05, 0) is 12.1 Å². The van der Waals surface area contributed by atoms with Gasteiger partial charge in [0.2, 0.25) is 0 Å². The number of carbonyl (C=O) groups is 1. The quantitative estimate of drug-likeness (QED) is 0.853. The van der Waals surface area contributed by atoms with Gasteiger partial charge in [0.05, 0.1) is 0 Å². The van der Waals surface area contributed by atoms with Gasteiger partial charge in [0.15, 0.2) is 0 Å². The fourth-order valence-electron chi connectivity index (χ4n) is 2.13. The van der Waals surface area contributed by atoms with Crippen LogP contribution in [0.15, 0.2) is 24.4 Å². The number of carbonyl (C=O) groups excluding carboxylic acids is 1. The highest BCUT2D eigenvalue weighted by molar-refractivity contribution is 5.74. The second-order valence-electron chi connectivity index (χ2n) is 5.49. The predicted molar refractivity (Wildman–Crippen MR) is 75.1 cm³/mol. The summed E-state index contributed by atoms with van der Waals surface area (Å²) in [6, 6.07) is 5.89. The molecule has 2 heterocycles. The fourth-order valence-corrected chi connectivity index (χ4v) is 2.13. The van der Waals surface area contributed by atoms with Gasteiger partial charge >= 0.3 is 6.03 Å². The highest BCUT2D eigenvalue weighted by atomic mass is 16.2. The zero-order valence-corrected chi connectivity index (χ0v) is 11.6. The van der Waals surface area contributed by atoms with E-state index in [1.54, 1.807) is 6.20 Å². The Morgan fingerprint density at radius 2 is 2.16 bits per heavy atom. The molecule has 1 aromatic rings.